The zero-order chi connectivity index (χ0) is 15.1. The molecule has 2 unspecified atom stereocenters. The first-order chi connectivity index (χ1) is 10.2. The minimum absolute atomic E-state index is 0.634. The van der Waals surface area contributed by atoms with Gasteiger partial charge in [0, 0.05) is 18.6 Å². The summed E-state index contributed by atoms with van der Waals surface area (Å²) in [4.78, 5) is 2.62. The maximum atomic E-state index is 5.30. The molecule has 1 heterocycles. The Hall–Kier alpha value is -1.06. The standard InChI is InChI=1S/C18H30N2O/c1-4-17-10-13-20(11-8-15(2)19-17)12-9-16-6-5-7-18(14-16)21-3/h5-7,14-15,17,19H,4,8-13H2,1-3H3. The summed E-state index contributed by atoms with van der Waals surface area (Å²) in [6.07, 6.45) is 4.84. The van der Waals surface area contributed by atoms with E-state index in [1.165, 1.54) is 37.9 Å². The largest absolute Gasteiger partial charge is 0.497 e. The average molecular weight is 290 g/mol. The molecule has 0 radical (unpaired) electrons. The van der Waals surface area contributed by atoms with Crippen molar-refractivity contribution in [2.75, 3.05) is 26.7 Å². The van der Waals surface area contributed by atoms with E-state index in [4.69, 9.17) is 4.74 Å². The van der Waals surface area contributed by atoms with Gasteiger partial charge in [-0.05, 0) is 63.4 Å². The maximum Gasteiger partial charge on any atom is 0.119 e. The second-order valence-corrected chi connectivity index (χ2v) is 6.19. The van der Waals surface area contributed by atoms with Gasteiger partial charge in [0.2, 0.25) is 0 Å². The number of hydrogen-bond donors (Lipinski definition) is 1. The molecule has 1 aliphatic rings. The number of benzene rings is 1. The molecule has 1 saturated heterocycles. The Balaban J connectivity index is 1.86. The molecule has 1 fully saturated rings. The smallest absolute Gasteiger partial charge is 0.119 e. The van der Waals surface area contributed by atoms with Crippen molar-refractivity contribution in [1.29, 1.82) is 0 Å². The fourth-order valence-electron chi connectivity index (χ4n) is 3.06. The lowest BCUT2D eigenvalue weighted by molar-refractivity contribution is 0.214. The van der Waals surface area contributed by atoms with E-state index in [0.29, 0.717) is 12.1 Å². The van der Waals surface area contributed by atoms with E-state index in [0.717, 1.165) is 18.7 Å². The van der Waals surface area contributed by atoms with Crippen LogP contribution in [0.2, 0.25) is 0 Å². The molecule has 0 spiro atoms. The van der Waals surface area contributed by atoms with Crippen LogP contribution in [-0.4, -0.2) is 43.7 Å². The Kier molecular flexibility index (Phi) is 6.52. The molecule has 0 bridgehead atoms. The second-order valence-electron chi connectivity index (χ2n) is 6.19. The first kappa shape index (κ1) is 16.3. The summed E-state index contributed by atoms with van der Waals surface area (Å²) >= 11 is 0. The molecule has 21 heavy (non-hydrogen) atoms. The molecule has 1 N–H and O–H groups in total. The Labute approximate surface area is 129 Å². The van der Waals surface area contributed by atoms with E-state index in [1.54, 1.807) is 7.11 Å². The van der Waals surface area contributed by atoms with Crippen LogP contribution >= 0.6 is 0 Å². The minimum Gasteiger partial charge on any atom is -0.497 e. The van der Waals surface area contributed by atoms with E-state index in [9.17, 15) is 0 Å². The zero-order valence-corrected chi connectivity index (χ0v) is 13.8. The molecule has 1 aromatic rings. The van der Waals surface area contributed by atoms with Gasteiger partial charge in [-0.25, -0.2) is 0 Å². The highest BCUT2D eigenvalue weighted by atomic mass is 16.5. The lowest BCUT2D eigenvalue weighted by Gasteiger charge is -2.32. The molecular weight excluding hydrogens is 260 g/mol. The Bertz CT molecular complexity index is 421. The van der Waals surface area contributed by atoms with Crippen LogP contribution in [0.5, 0.6) is 5.75 Å². The number of ether oxygens (including phenoxy) is 1. The molecule has 0 saturated carbocycles. The quantitative estimate of drug-likeness (QED) is 0.902. The van der Waals surface area contributed by atoms with Crippen LogP contribution in [0.1, 0.15) is 38.7 Å². The molecule has 0 aromatic heterocycles. The summed E-state index contributed by atoms with van der Waals surface area (Å²) in [5, 5.41) is 3.73. The van der Waals surface area contributed by atoms with Crippen LogP contribution < -0.4 is 10.1 Å². The molecule has 1 aliphatic heterocycles. The third kappa shape index (κ3) is 5.33. The van der Waals surface area contributed by atoms with Gasteiger partial charge in [0.05, 0.1) is 7.11 Å². The number of nitrogens with one attached hydrogen (secondary N) is 1. The highest BCUT2D eigenvalue weighted by Crippen LogP contribution is 2.14. The van der Waals surface area contributed by atoms with Crippen LogP contribution in [0.15, 0.2) is 24.3 Å². The predicted octanol–water partition coefficient (Wildman–Crippen LogP) is 3.09. The van der Waals surface area contributed by atoms with E-state index in [2.05, 4.69) is 42.3 Å². The fraction of sp³-hybridized carbons (Fsp3) is 0.667. The van der Waals surface area contributed by atoms with Crippen molar-refractivity contribution >= 4 is 0 Å². The molecule has 118 valence electrons. The number of hydrogen-bond acceptors (Lipinski definition) is 3. The third-order valence-corrected chi connectivity index (χ3v) is 4.54. The van der Waals surface area contributed by atoms with Crippen LogP contribution in [-0.2, 0) is 6.42 Å². The van der Waals surface area contributed by atoms with Gasteiger partial charge in [-0.2, -0.15) is 0 Å². The van der Waals surface area contributed by atoms with Crippen molar-refractivity contribution < 1.29 is 4.74 Å². The summed E-state index contributed by atoms with van der Waals surface area (Å²) in [5.74, 6) is 0.962. The topological polar surface area (TPSA) is 24.5 Å². The SMILES string of the molecule is CCC1CCN(CCc2cccc(OC)c2)CCC(C)N1. The van der Waals surface area contributed by atoms with Crippen LogP contribution in [0.25, 0.3) is 0 Å². The highest BCUT2D eigenvalue weighted by molar-refractivity contribution is 5.28. The summed E-state index contributed by atoms with van der Waals surface area (Å²) < 4.78 is 5.30. The van der Waals surface area contributed by atoms with Crippen molar-refractivity contribution in [2.45, 2.75) is 51.6 Å². The normalized spacial score (nSPS) is 24.3. The molecular formula is C18H30N2O. The summed E-state index contributed by atoms with van der Waals surface area (Å²) in [6, 6.07) is 9.77. The van der Waals surface area contributed by atoms with Crippen LogP contribution in [0, 0.1) is 0 Å². The first-order valence-corrected chi connectivity index (χ1v) is 8.32. The third-order valence-electron chi connectivity index (χ3n) is 4.54. The number of rotatable bonds is 5. The number of methoxy groups -OCH3 is 1. The fourth-order valence-corrected chi connectivity index (χ4v) is 3.06. The summed E-state index contributed by atoms with van der Waals surface area (Å²) in [6.45, 7) is 8.16. The predicted molar refractivity (Wildman–Crippen MR) is 89.0 cm³/mol. The molecule has 3 nitrogen and oxygen atoms in total. The maximum absolute atomic E-state index is 5.30. The van der Waals surface area contributed by atoms with Gasteiger partial charge < -0.3 is 15.0 Å². The van der Waals surface area contributed by atoms with Gasteiger partial charge in [0.1, 0.15) is 5.75 Å². The lowest BCUT2D eigenvalue weighted by atomic mass is 10.0. The molecule has 0 amide bonds. The van der Waals surface area contributed by atoms with Gasteiger partial charge in [0.25, 0.3) is 0 Å². The van der Waals surface area contributed by atoms with Gasteiger partial charge in [0.15, 0.2) is 0 Å². The van der Waals surface area contributed by atoms with Gasteiger partial charge >= 0.3 is 0 Å². The van der Waals surface area contributed by atoms with Crippen molar-refractivity contribution in [3.8, 4) is 5.75 Å². The molecule has 1 aromatic carbocycles. The van der Waals surface area contributed by atoms with Gasteiger partial charge in [-0.1, -0.05) is 19.1 Å². The van der Waals surface area contributed by atoms with Crippen LogP contribution in [0.3, 0.4) is 0 Å². The summed E-state index contributed by atoms with van der Waals surface area (Å²) in [7, 11) is 1.73. The Morgan fingerprint density at radius 2 is 2.10 bits per heavy atom. The zero-order valence-electron chi connectivity index (χ0n) is 13.8. The first-order valence-electron chi connectivity index (χ1n) is 8.32. The van der Waals surface area contributed by atoms with Crippen molar-refractivity contribution in [1.82, 2.24) is 10.2 Å². The van der Waals surface area contributed by atoms with Crippen molar-refractivity contribution in [2.24, 2.45) is 0 Å². The Morgan fingerprint density at radius 1 is 1.29 bits per heavy atom. The molecule has 2 rings (SSSR count). The minimum atomic E-state index is 0.634. The average Bonchev–Trinajstić information content (AvgIpc) is 2.50. The van der Waals surface area contributed by atoms with E-state index >= 15 is 0 Å². The highest BCUT2D eigenvalue weighted by Gasteiger charge is 2.17. The monoisotopic (exact) mass is 290 g/mol. The molecule has 2 atom stereocenters. The van der Waals surface area contributed by atoms with Crippen LogP contribution in [0.4, 0.5) is 0 Å². The van der Waals surface area contributed by atoms with Gasteiger partial charge in [-0.15, -0.1) is 0 Å². The number of nitrogens with zero attached hydrogens (tertiary/aromatic N) is 1. The Morgan fingerprint density at radius 3 is 2.86 bits per heavy atom. The van der Waals surface area contributed by atoms with E-state index in [-0.39, 0.29) is 0 Å². The second kappa shape index (κ2) is 8.40. The van der Waals surface area contributed by atoms with Gasteiger partial charge in [-0.3, -0.25) is 0 Å². The summed E-state index contributed by atoms with van der Waals surface area (Å²) in [5.41, 5.74) is 1.37. The molecule has 3 heteroatoms. The lowest BCUT2D eigenvalue weighted by Crippen LogP contribution is -2.44. The van der Waals surface area contributed by atoms with E-state index < -0.39 is 0 Å². The van der Waals surface area contributed by atoms with Crippen molar-refractivity contribution in [3.05, 3.63) is 29.8 Å². The van der Waals surface area contributed by atoms with Crippen molar-refractivity contribution in [3.63, 3.8) is 0 Å². The molecule has 0 aliphatic carbocycles. The van der Waals surface area contributed by atoms with E-state index in [1.807, 2.05) is 6.07 Å².